The molecule has 0 saturated carbocycles. The number of thioether (sulfide) groups is 1. The van der Waals surface area contributed by atoms with E-state index in [-0.39, 0.29) is 17.9 Å². The third-order valence-corrected chi connectivity index (χ3v) is 4.31. The molecule has 0 aliphatic rings. The van der Waals surface area contributed by atoms with Gasteiger partial charge in [0.05, 0.1) is 16.8 Å². The molecule has 0 aliphatic heterocycles. The molecule has 2 rings (SSSR count). The van der Waals surface area contributed by atoms with Gasteiger partial charge in [-0.25, -0.2) is 4.98 Å². The molecule has 2 aromatic rings. The number of halogens is 1. The van der Waals surface area contributed by atoms with Crippen LogP contribution in [0.15, 0.2) is 26.6 Å². The quantitative estimate of drug-likeness (QED) is 0.499. The number of rotatable bonds is 7. The first-order chi connectivity index (χ1) is 12.4. The second-order valence-corrected chi connectivity index (χ2v) is 6.53. The first-order valence-electron chi connectivity index (χ1n) is 7.37. The first kappa shape index (κ1) is 19.8. The highest BCUT2D eigenvalue weighted by Gasteiger charge is 2.19. The Labute approximate surface area is 161 Å². The van der Waals surface area contributed by atoms with Gasteiger partial charge in [-0.3, -0.25) is 9.59 Å². The minimum atomic E-state index is -0.629. The summed E-state index contributed by atoms with van der Waals surface area (Å²) in [4.78, 5) is 30.0. The number of nitriles is 1. The monoisotopic (exact) mass is 438 g/mol. The molecule has 0 spiro atoms. The van der Waals surface area contributed by atoms with E-state index in [1.165, 1.54) is 11.8 Å². The maximum atomic E-state index is 12.1. The molecule has 1 heterocycles. The molecule has 0 fully saturated rings. The van der Waals surface area contributed by atoms with E-state index in [1.54, 1.807) is 25.3 Å². The lowest BCUT2D eigenvalue weighted by molar-refractivity contribution is -0.119. The van der Waals surface area contributed by atoms with E-state index in [0.29, 0.717) is 33.3 Å². The van der Waals surface area contributed by atoms with Crippen LogP contribution in [0.2, 0.25) is 0 Å². The standard InChI is InChI=1S/C16H15BrN4O4S/c1-3-24-11-5-8(4-10(17)14(11)25-7-12(19)22)13-9(6-18)15(23)21-16(20-13)26-2/h4-5H,3,7H2,1-2H3,(H2,19,22)(H,20,21,23). The summed E-state index contributed by atoms with van der Waals surface area (Å²) in [5, 5.41) is 9.71. The van der Waals surface area contributed by atoms with Crippen molar-refractivity contribution in [3.8, 4) is 28.8 Å². The van der Waals surface area contributed by atoms with Gasteiger partial charge in [-0.2, -0.15) is 5.26 Å². The predicted molar refractivity (Wildman–Crippen MR) is 100 cm³/mol. The minimum Gasteiger partial charge on any atom is -0.490 e. The molecule has 0 unspecified atom stereocenters. The third kappa shape index (κ3) is 4.36. The van der Waals surface area contributed by atoms with Crippen molar-refractivity contribution in [2.75, 3.05) is 19.5 Å². The number of hydrogen-bond acceptors (Lipinski definition) is 7. The predicted octanol–water partition coefficient (Wildman–Crippen LogP) is 2.06. The van der Waals surface area contributed by atoms with Crippen molar-refractivity contribution < 1.29 is 14.3 Å². The lowest BCUT2D eigenvalue weighted by Crippen LogP contribution is -2.20. The van der Waals surface area contributed by atoms with Crippen molar-refractivity contribution in [3.63, 3.8) is 0 Å². The van der Waals surface area contributed by atoms with Crippen LogP contribution in [0, 0.1) is 11.3 Å². The zero-order chi connectivity index (χ0) is 19.3. The Morgan fingerprint density at radius 3 is 2.77 bits per heavy atom. The van der Waals surface area contributed by atoms with Gasteiger partial charge < -0.3 is 20.2 Å². The Morgan fingerprint density at radius 2 is 2.19 bits per heavy atom. The second kappa shape index (κ2) is 8.73. The molecule has 8 nitrogen and oxygen atoms in total. The molecular formula is C16H15BrN4O4S. The number of ether oxygens (including phenoxy) is 2. The van der Waals surface area contributed by atoms with Crippen molar-refractivity contribution >= 4 is 33.6 Å². The number of carbonyl (C=O) groups is 1. The van der Waals surface area contributed by atoms with Gasteiger partial charge in [0.15, 0.2) is 23.3 Å². The number of nitrogens with zero attached hydrogens (tertiary/aromatic N) is 2. The number of hydrogen-bond donors (Lipinski definition) is 2. The molecule has 3 N–H and O–H groups in total. The van der Waals surface area contributed by atoms with Gasteiger partial charge in [0, 0.05) is 5.56 Å². The van der Waals surface area contributed by atoms with Gasteiger partial charge in [0.2, 0.25) is 0 Å². The lowest BCUT2D eigenvalue weighted by atomic mass is 10.1. The maximum absolute atomic E-state index is 12.1. The molecule has 26 heavy (non-hydrogen) atoms. The van der Waals surface area contributed by atoms with Crippen LogP contribution in [0.1, 0.15) is 12.5 Å². The van der Waals surface area contributed by atoms with Crippen LogP contribution in [0.4, 0.5) is 0 Å². The van der Waals surface area contributed by atoms with E-state index in [4.69, 9.17) is 15.2 Å². The van der Waals surface area contributed by atoms with Gasteiger partial charge in [-0.15, -0.1) is 0 Å². The highest BCUT2D eigenvalue weighted by atomic mass is 79.9. The third-order valence-electron chi connectivity index (χ3n) is 3.14. The van der Waals surface area contributed by atoms with Crippen LogP contribution in [0.3, 0.4) is 0 Å². The van der Waals surface area contributed by atoms with Crippen molar-refractivity contribution in [3.05, 3.63) is 32.5 Å². The smallest absolute Gasteiger partial charge is 0.270 e. The van der Waals surface area contributed by atoms with E-state index in [0.717, 1.165) is 0 Å². The summed E-state index contributed by atoms with van der Waals surface area (Å²) in [6, 6.07) is 5.10. The number of aromatic amines is 1. The summed E-state index contributed by atoms with van der Waals surface area (Å²) < 4.78 is 11.4. The molecule has 0 atom stereocenters. The molecule has 10 heteroatoms. The van der Waals surface area contributed by atoms with Crippen LogP contribution in [-0.4, -0.2) is 35.3 Å². The molecule has 0 bridgehead atoms. The topological polar surface area (TPSA) is 131 Å². The Balaban J connectivity index is 2.65. The Hall–Kier alpha value is -2.51. The largest absolute Gasteiger partial charge is 0.490 e. The molecule has 0 radical (unpaired) electrons. The number of amides is 1. The average molecular weight is 439 g/mol. The number of benzene rings is 1. The van der Waals surface area contributed by atoms with E-state index < -0.39 is 11.5 Å². The highest BCUT2D eigenvalue weighted by molar-refractivity contribution is 9.10. The fraction of sp³-hybridized carbons (Fsp3) is 0.250. The van der Waals surface area contributed by atoms with Crippen molar-refractivity contribution in [2.45, 2.75) is 12.1 Å². The number of H-pyrrole nitrogens is 1. The number of primary amides is 1. The van der Waals surface area contributed by atoms with Gasteiger partial charge in [0.1, 0.15) is 11.6 Å². The Kier molecular flexibility index (Phi) is 6.65. The second-order valence-electron chi connectivity index (χ2n) is 4.88. The van der Waals surface area contributed by atoms with Crippen LogP contribution < -0.4 is 20.8 Å². The Morgan fingerprint density at radius 1 is 1.46 bits per heavy atom. The summed E-state index contributed by atoms with van der Waals surface area (Å²) >= 11 is 4.61. The molecule has 1 aromatic carbocycles. The fourth-order valence-electron chi connectivity index (χ4n) is 2.11. The van der Waals surface area contributed by atoms with Gasteiger partial charge >= 0.3 is 0 Å². The molecular weight excluding hydrogens is 424 g/mol. The van der Waals surface area contributed by atoms with Gasteiger partial charge in [0.25, 0.3) is 11.5 Å². The average Bonchev–Trinajstić information content (AvgIpc) is 2.60. The molecule has 136 valence electrons. The number of nitrogens with two attached hydrogens (primary N) is 1. The number of aromatic nitrogens is 2. The fourth-order valence-corrected chi connectivity index (χ4v) is 3.05. The summed E-state index contributed by atoms with van der Waals surface area (Å²) in [6.07, 6.45) is 1.76. The minimum absolute atomic E-state index is 0.108. The summed E-state index contributed by atoms with van der Waals surface area (Å²) in [5.74, 6) is -0.00583. The normalized spacial score (nSPS) is 10.2. The molecule has 0 saturated heterocycles. The summed E-state index contributed by atoms with van der Waals surface area (Å²) in [7, 11) is 0. The van der Waals surface area contributed by atoms with Crippen molar-refractivity contribution in [1.29, 1.82) is 5.26 Å². The summed E-state index contributed by atoms with van der Waals surface area (Å²) in [6.45, 7) is 1.81. The maximum Gasteiger partial charge on any atom is 0.270 e. The van der Waals surface area contributed by atoms with Gasteiger partial charge in [-0.05, 0) is 41.2 Å². The Bertz CT molecular complexity index is 939. The summed E-state index contributed by atoms with van der Waals surface area (Å²) in [5.41, 5.74) is 5.20. The van der Waals surface area contributed by atoms with E-state index >= 15 is 0 Å². The van der Waals surface area contributed by atoms with Crippen LogP contribution in [0.25, 0.3) is 11.3 Å². The SMILES string of the molecule is CCOc1cc(-c2nc(SC)[nH]c(=O)c2C#N)cc(Br)c1OCC(N)=O. The highest BCUT2D eigenvalue weighted by Crippen LogP contribution is 2.40. The van der Waals surface area contributed by atoms with Crippen molar-refractivity contribution in [2.24, 2.45) is 5.73 Å². The molecule has 1 amide bonds. The van der Waals surface area contributed by atoms with Crippen LogP contribution in [-0.2, 0) is 4.79 Å². The first-order valence-corrected chi connectivity index (χ1v) is 9.39. The molecule has 0 aliphatic carbocycles. The number of carbonyl (C=O) groups excluding carboxylic acids is 1. The number of nitrogens with one attached hydrogen (secondary N) is 1. The van der Waals surface area contributed by atoms with E-state index in [9.17, 15) is 14.9 Å². The van der Waals surface area contributed by atoms with Crippen LogP contribution in [0.5, 0.6) is 11.5 Å². The lowest BCUT2D eigenvalue weighted by Gasteiger charge is -2.15. The van der Waals surface area contributed by atoms with E-state index in [2.05, 4.69) is 25.9 Å². The molecule has 1 aromatic heterocycles. The zero-order valence-corrected chi connectivity index (χ0v) is 16.4. The van der Waals surface area contributed by atoms with Crippen molar-refractivity contribution in [1.82, 2.24) is 9.97 Å². The van der Waals surface area contributed by atoms with Gasteiger partial charge in [-0.1, -0.05) is 11.8 Å². The zero-order valence-electron chi connectivity index (χ0n) is 14.0. The van der Waals surface area contributed by atoms with E-state index in [1.807, 2.05) is 6.07 Å². The van der Waals surface area contributed by atoms with Crippen LogP contribution >= 0.6 is 27.7 Å².